The molecule has 3 N–H and O–H groups in total. The molecule has 7 nitrogen and oxygen atoms in total. The third-order valence-electron chi connectivity index (χ3n) is 3.69. The number of amides is 1. The predicted octanol–water partition coefficient (Wildman–Crippen LogP) is 0.531. The van der Waals surface area contributed by atoms with E-state index in [-0.39, 0.29) is 11.8 Å². The van der Waals surface area contributed by atoms with Crippen molar-refractivity contribution in [1.82, 2.24) is 15.0 Å². The minimum Gasteiger partial charge on any atom is -0.369 e. The third-order valence-corrected chi connectivity index (χ3v) is 3.69. The normalized spacial score (nSPS) is 18.9. The molecule has 2 aromatic rings. The van der Waals surface area contributed by atoms with Gasteiger partial charge in [0.05, 0.1) is 16.9 Å². The molecule has 0 bridgehead atoms. The summed E-state index contributed by atoms with van der Waals surface area (Å²) in [7, 11) is 0. The molecule has 0 saturated carbocycles. The van der Waals surface area contributed by atoms with E-state index in [1.54, 1.807) is 6.20 Å². The maximum Gasteiger partial charge on any atom is 0.222 e. The average Bonchev–Trinajstić information content (AvgIpc) is 2.90. The Morgan fingerprint density at radius 3 is 3.15 bits per heavy atom. The number of H-pyrrole nitrogens is 1. The number of nitrogens with one attached hydrogen (secondary N) is 1. The van der Waals surface area contributed by atoms with Crippen LogP contribution in [-0.4, -0.2) is 33.9 Å². The van der Waals surface area contributed by atoms with Crippen LogP contribution in [0.3, 0.4) is 0 Å². The number of hydrogen-bond acceptors (Lipinski definition) is 5. The zero-order valence-electron chi connectivity index (χ0n) is 10.8. The lowest BCUT2D eigenvalue weighted by atomic mass is 9.97. The maximum atomic E-state index is 11.4. The standard InChI is InChI=1S/C13H14N6O/c14-4-9-5-16-12-10(9)13(18-7-17-12)19-3-1-2-8(6-19)11(15)20/h5,7-8H,1-3,6H2,(H2,15,20)(H,16,17,18). The Labute approximate surface area is 115 Å². The minimum absolute atomic E-state index is 0.168. The Morgan fingerprint density at radius 2 is 2.40 bits per heavy atom. The Morgan fingerprint density at radius 1 is 1.55 bits per heavy atom. The van der Waals surface area contributed by atoms with Gasteiger partial charge in [0.1, 0.15) is 23.9 Å². The van der Waals surface area contributed by atoms with Crippen molar-refractivity contribution in [1.29, 1.82) is 5.26 Å². The van der Waals surface area contributed by atoms with Crippen LogP contribution < -0.4 is 10.6 Å². The van der Waals surface area contributed by atoms with Crippen molar-refractivity contribution < 1.29 is 4.79 Å². The van der Waals surface area contributed by atoms with Gasteiger partial charge in [0.15, 0.2) is 0 Å². The van der Waals surface area contributed by atoms with E-state index >= 15 is 0 Å². The molecule has 3 heterocycles. The van der Waals surface area contributed by atoms with Gasteiger partial charge in [0.2, 0.25) is 5.91 Å². The Kier molecular flexibility index (Phi) is 2.99. The number of rotatable bonds is 2. The number of carbonyl (C=O) groups is 1. The summed E-state index contributed by atoms with van der Waals surface area (Å²) in [6.07, 6.45) is 4.77. The molecule has 1 amide bonds. The second kappa shape index (κ2) is 4.81. The highest BCUT2D eigenvalue weighted by molar-refractivity contribution is 5.93. The van der Waals surface area contributed by atoms with Crippen molar-refractivity contribution in [3.8, 4) is 6.07 Å². The summed E-state index contributed by atoms with van der Waals surface area (Å²) in [5, 5.41) is 9.88. The van der Waals surface area contributed by atoms with E-state index < -0.39 is 0 Å². The van der Waals surface area contributed by atoms with E-state index in [2.05, 4.69) is 21.0 Å². The van der Waals surface area contributed by atoms with Gasteiger partial charge in [0.25, 0.3) is 0 Å². The fraction of sp³-hybridized carbons (Fsp3) is 0.385. The number of nitrogens with zero attached hydrogens (tertiary/aromatic N) is 4. The first-order valence-corrected chi connectivity index (χ1v) is 6.47. The van der Waals surface area contributed by atoms with Crippen LogP contribution in [0.2, 0.25) is 0 Å². The van der Waals surface area contributed by atoms with E-state index in [4.69, 9.17) is 11.0 Å². The van der Waals surface area contributed by atoms with E-state index in [0.29, 0.717) is 29.0 Å². The average molecular weight is 270 g/mol. The molecule has 20 heavy (non-hydrogen) atoms. The topological polar surface area (TPSA) is 112 Å². The Bertz CT molecular complexity index is 700. The van der Waals surface area contributed by atoms with Crippen molar-refractivity contribution in [2.24, 2.45) is 11.7 Å². The maximum absolute atomic E-state index is 11.4. The molecule has 0 spiro atoms. The molecule has 1 aliphatic heterocycles. The van der Waals surface area contributed by atoms with E-state index in [9.17, 15) is 4.79 Å². The van der Waals surface area contributed by atoms with Gasteiger partial charge in [-0.3, -0.25) is 4.79 Å². The summed E-state index contributed by atoms with van der Waals surface area (Å²) >= 11 is 0. The van der Waals surface area contributed by atoms with Gasteiger partial charge in [-0.2, -0.15) is 5.26 Å². The molecular formula is C13H14N6O. The molecule has 1 fully saturated rings. The van der Waals surface area contributed by atoms with Crippen LogP contribution in [0.25, 0.3) is 11.0 Å². The van der Waals surface area contributed by atoms with Gasteiger partial charge in [-0.05, 0) is 12.8 Å². The van der Waals surface area contributed by atoms with Crippen LogP contribution >= 0.6 is 0 Å². The minimum atomic E-state index is -0.283. The summed E-state index contributed by atoms with van der Waals surface area (Å²) < 4.78 is 0. The highest BCUT2D eigenvalue weighted by Crippen LogP contribution is 2.29. The summed E-state index contributed by atoms with van der Waals surface area (Å²) in [4.78, 5) is 24.8. The van der Waals surface area contributed by atoms with Crippen molar-refractivity contribution in [3.05, 3.63) is 18.1 Å². The molecule has 1 saturated heterocycles. The number of piperidine rings is 1. The number of aromatic amines is 1. The first-order chi connectivity index (χ1) is 9.70. The zero-order chi connectivity index (χ0) is 14.1. The van der Waals surface area contributed by atoms with Crippen LogP contribution in [-0.2, 0) is 4.79 Å². The van der Waals surface area contributed by atoms with Crippen LogP contribution in [0.15, 0.2) is 12.5 Å². The van der Waals surface area contributed by atoms with E-state index in [0.717, 1.165) is 19.4 Å². The smallest absolute Gasteiger partial charge is 0.222 e. The van der Waals surface area contributed by atoms with E-state index in [1.165, 1.54) is 6.33 Å². The molecule has 1 atom stereocenters. The molecular weight excluding hydrogens is 256 g/mol. The highest BCUT2D eigenvalue weighted by Gasteiger charge is 2.26. The van der Waals surface area contributed by atoms with Gasteiger partial charge in [0, 0.05) is 19.3 Å². The number of hydrogen-bond donors (Lipinski definition) is 2. The molecule has 3 rings (SSSR count). The monoisotopic (exact) mass is 270 g/mol. The fourth-order valence-corrected chi connectivity index (χ4v) is 2.68. The van der Waals surface area contributed by atoms with Crippen molar-refractivity contribution in [2.45, 2.75) is 12.8 Å². The van der Waals surface area contributed by atoms with Gasteiger partial charge < -0.3 is 15.6 Å². The first kappa shape index (κ1) is 12.4. The zero-order valence-corrected chi connectivity index (χ0v) is 10.8. The quantitative estimate of drug-likeness (QED) is 0.826. The summed E-state index contributed by atoms with van der Waals surface area (Å²) in [6.45, 7) is 1.34. The lowest BCUT2D eigenvalue weighted by molar-refractivity contribution is -0.122. The SMILES string of the molecule is N#Cc1c[nH]c2ncnc(N3CCCC(C(N)=O)C3)c12. The van der Waals surface area contributed by atoms with Gasteiger partial charge in [-0.15, -0.1) is 0 Å². The number of fused-ring (bicyclic) bond motifs is 1. The van der Waals surface area contributed by atoms with Crippen LogP contribution in [0.4, 0.5) is 5.82 Å². The number of carbonyl (C=O) groups excluding carboxylic acids is 1. The molecule has 2 aromatic heterocycles. The molecule has 1 aliphatic rings. The summed E-state index contributed by atoms with van der Waals surface area (Å²) in [6, 6.07) is 2.13. The molecule has 0 aromatic carbocycles. The highest BCUT2D eigenvalue weighted by atomic mass is 16.1. The lowest BCUT2D eigenvalue weighted by Gasteiger charge is -2.32. The van der Waals surface area contributed by atoms with Crippen LogP contribution in [0, 0.1) is 17.2 Å². The molecule has 7 heteroatoms. The second-order valence-corrected chi connectivity index (χ2v) is 4.92. The Hall–Kier alpha value is -2.62. The van der Waals surface area contributed by atoms with Gasteiger partial charge in [-0.1, -0.05) is 0 Å². The number of primary amides is 1. The summed E-state index contributed by atoms with van der Waals surface area (Å²) in [5.74, 6) is 0.242. The number of anilines is 1. The fourth-order valence-electron chi connectivity index (χ4n) is 2.68. The Balaban J connectivity index is 2.03. The number of nitrogens with two attached hydrogens (primary N) is 1. The van der Waals surface area contributed by atoms with Crippen molar-refractivity contribution >= 4 is 22.8 Å². The lowest BCUT2D eigenvalue weighted by Crippen LogP contribution is -2.41. The number of nitriles is 1. The van der Waals surface area contributed by atoms with E-state index in [1.807, 2.05) is 4.90 Å². The van der Waals surface area contributed by atoms with Crippen LogP contribution in [0.1, 0.15) is 18.4 Å². The first-order valence-electron chi connectivity index (χ1n) is 6.47. The third kappa shape index (κ3) is 1.95. The molecule has 0 radical (unpaired) electrons. The molecule has 0 aliphatic carbocycles. The van der Waals surface area contributed by atoms with Gasteiger partial charge >= 0.3 is 0 Å². The van der Waals surface area contributed by atoms with Crippen molar-refractivity contribution in [2.75, 3.05) is 18.0 Å². The molecule has 1 unspecified atom stereocenters. The largest absolute Gasteiger partial charge is 0.369 e. The van der Waals surface area contributed by atoms with Gasteiger partial charge in [-0.25, -0.2) is 9.97 Å². The number of aromatic nitrogens is 3. The predicted molar refractivity (Wildman–Crippen MR) is 72.7 cm³/mol. The van der Waals surface area contributed by atoms with Crippen LogP contribution in [0.5, 0.6) is 0 Å². The van der Waals surface area contributed by atoms with Crippen molar-refractivity contribution in [3.63, 3.8) is 0 Å². The second-order valence-electron chi connectivity index (χ2n) is 4.92. The molecule has 102 valence electrons. The summed E-state index contributed by atoms with van der Waals surface area (Å²) in [5.41, 5.74) is 6.54.